The molecule has 5 nitrogen and oxygen atoms in total. The van der Waals surface area contributed by atoms with Gasteiger partial charge in [-0.15, -0.1) is 0 Å². The van der Waals surface area contributed by atoms with E-state index in [0.717, 1.165) is 0 Å². The number of hydrogen-bond donors (Lipinski definition) is 2. The number of sulfonamides is 1. The number of β-amino-alcohol motifs (C(OH)–C–C–N with tert-alkyl or cyclic N) is 1. The summed E-state index contributed by atoms with van der Waals surface area (Å²) in [6.07, 6.45) is 1.23. The Hall–Kier alpha value is -0.820. The Morgan fingerprint density at radius 2 is 2.16 bits per heavy atom. The third-order valence-corrected chi connectivity index (χ3v) is 5.43. The Labute approximate surface area is 118 Å². The molecule has 1 aliphatic heterocycles. The van der Waals surface area contributed by atoms with E-state index in [2.05, 4.69) is 0 Å². The van der Waals surface area contributed by atoms with Crippen LogP contribution < -0.4 is 5.73 Å². The zero-order valence-electron chi connectivity index (χ0n) is 10.6. The third-order valence-electron chi connectivity index (χ3n) is 3.25. The molecule has 0 bridgehead atoms. The largest absolute Gasteiger partial charge is 0.397 e. The number of nitrogens with zero attached hydrogens (tertiary/aromatic N) is 1. The predicted octanol–water partition coefficient (Wildman–Crippen LogP) is 1.46. The lowest BCUT2D eigenvalue weighted by atomic mass is 9.97. The zero-order chi connectivity index (χ0) is 14.3. The molecule has 0 radical (unpaired) electrons. The predicted molar refractivity (Wildman–Crippen MR) is 74.5 cm³/mol. The molecule has 2 rings (SSSR count). The first-order valence-corrected chi connectivity index (χ1v) is 7.82. The van der Waals surface area contributed by atoms with Crippen LogP contribution in [0.1, 0.15) is 19.8 Å². The van der Waals surface area contributed by atoms with Crippen molar-refractivity contribution in [2.75, 3.05) is 18.8 Å². The highest BCUT2D eigenvalue weighted by Crippen LogP contribution is 2.28. The lowest BCUT2D eigenvalue weighted by Gasteiger charge is -2.35. The molecule has 1 fully saturated rings. The van der Waals surface area contributed by atoms with E-state index in [4.69, 9.17) is 17.3 Å². The average Bonchev–Trinajstić information content (AvgIpc) is 2.31. The van der Waals surface area contributed by atoms with Gasteiger partial charge >= 0.3 is 0 Å². The average molecular weight is 305 g/mol. The summed E-state index contributed by atoms with van der Waals surface area (Å²) in [5.41, 5.74) is 4.88. The van der Waals surface area contributed by atoms with Crippen LogP contribution in [0.4, 0.5) is 5.69 Å². The minimum Gasteiger partial charge on any atom is -0.397 e. The van der Waals surface area contributed by atoms with E-state index in [1.165, 1.54) is 22.5 Å². The Balaban J connectivity index is 2.34. The molecule has 0 amide bonds. The number of nitrogen functional groups attached to an aromatic ring is 1. The van der Waals surface area contributed by atoms with Crippen molar-refractivity contribution >= 4 is 27.3 Å². The maximum atomic E-state index is 12.5. The van der Waals surface area contributed by atoms with Crippen molar-refractivity contribution in [3.8, 4) is 0 Å². The maximum absolute atomic E-state index is 12.5. The monoisotopic (exact) mass is 304 g/mol. The molecule has 3 N–H and O–H groups in total. The van der Waals surface area contributed by atoms with E-state index in [1.807, 2.05) is 0 Å². The molecule has 0 saturated carbocycles. The van der Waals surface area contributed by atoms with Crippen LogP contribution in [0.2, 0.25) is 5.02 Å². The van der Waals surface area contributed by atoms with E-state index in [-0.39, 0.29) is 17.1 Å². The van der Waals surface area contributed by atoms with Gasteiger partial charge < -0.3 is 10.8 Å². The van der Waals surface area contributed by atoms with Crippen LogP contribution in [0.3, 0.4) is 0 Å². The Morgan fingerprint density at radius 1 is 1.47 bits per heavy atom. The van der Waals surface area contributed by atoms with Gasteiger partial charge in [-0.25, -0.2) is 8.42 Å². The van der Waals surface area contributed by atoms with Crippen molar-refractivity contribution in [3.05, 3.63) is 23.2 Å². The molecule has 1 saturated heterocycles. The molecule has 1 aliphatic rings. The van der Waals surface area contributed by atoms with Crippen molar-refractivity contribution < 1.29 is 13.5 Å². The fraction of sp³-hybridized carbons (Fsp3) is 0.500. The van der Waals surface area contributed by atoms with Crippen molar-refractivity contribution in [2.24, 2.45) is 0 Å². The minimum atomic E-state index is -3.64. The number of benzene rings is 1. The van der Waals surface area contributed by atoms with E-state index < -0.39 is 15.6 Å². The van der Waals surface area contributed by atoms with Gasteiger partial charge in [0.25, 0.3) is 0 Å². The summed E-state index contributed by atoms with van der Waals surface area (Å²) < 4.78 is 26.2. The molecule has 7 heteroatoms. The normalized spacial score (nSPS) is 25.4. The summed E-state index contributed by atoms with van der Waals surface area (Å²) in [7, 11) is -3.64. The Morgan fingerprint density at radius 3 is 2.74 bits per heavy atom. The van der Waals surface area contributed by atoms with Crippen molar-refractivity contribution in [3.63, 3.8) is 0 Å². The van der Waals surface area contributed by atoms with Gasteiger partial charge in [-0.3, -0.25) is 0 Å². The highest BCUT2D eigenvalue weighted by molar-refractivity contribution is 7.89. The van der Waals surface area contributed by atoms with Crippen LogP contribution in [0.5, 0.6) is 0 Å². The summed E-state index contributed by atoms with van der Waals surface area (Å²) in [6, 6.07) is 4.24. The molecule has 0 aliphatic carbocycles. The van der Waals surface area contributed by atoms with Crippen LogP contribution in [0.25, 0.3) is 0 Å². The fourth-order valence-electron chi connectivity index (χ4n) is 2.21. The van der Waals surface area contributed by atoms with Crippen LogP contribution in [-0.4, -0.2) is 36.5 Å². The van der Waals surface area contributed by atoms with E-state index >= 15 is 0 Å². The fourth-order valence-corrected chi connectivity index (χ4v) is 3.96. The molecule has 1 aromatic rings. The van der Waals surface area contributed by atoms with Gasteiger partial charge in [-0.05, 0) is 38.0 Å². The summed E-state index contributed by atoms with van der Waals surface area (Å²) in [5, 5.41) is 10.3. The molecule has 1 atom stereocenters. The second-order valence-electron chi connectivity index (χ2n) is 5.12. The topological polar surface area (TPSA) is 83.6 Å². The molecule has 1 aromatic carbocycles. The third kappa shape index (κ3) is 3.02. The first-order valence-electron chi connectivity index (χ1n) is 6.00. The van der Waals surface area contributed by atoms with Gasteiger partial charge in [0, 0.05) is 13.1 Å². The summed E-state index contributed by atoms with van der Waals surface area (Å²) in [5.74, 6) is 0. The van der Waals surface area contributed by atoms with Crippen LogP contribution in [0, 0.1) is 0 Å². The molecule has 19 heavy (non-hydrogen) atoms. The molecule has 0 spiro atoms. The zero-order valence-corrected chi connectivity index (χ0v) is 12.2. The second-order valence-corrected chi connectivity index (χ2v) is 7.47. The second kappa shape index (κ2) is 4.94. The van der Waals surface area contributed by atoms with Crippen molar-refractivity contribution in [1.29, 1.82) is 0 Å². The van der Waals surface area contributed by atoms with E-state index in [1.54, 1.807) is 6.92 Å². The van der Waals surface area contributed by atoms with Gasteiger partial charge in [0.2, 0.25) is 10.0 Å². The molecular formula is C12H17ClN2O3S. The number of halogens is 1. The van der Waals surface area contributed by atoms with Crippen molar-refractivity contribution in [1.82, 2.24) is 4.31 Å². The number of nitrogens with two attached hydrogens (primary N) is 1. The summed E-state index contributed by atoms with van der Waals surface area (Å²) in [6.45, 7) is 2.14. The van der Waals surface area contributed by atoms with Gasteiger partial charge in [-0.2, -0.15) is 4.31 Å². The van der Waals surface area contributed by atoms with Crippen molar-refractivity contribution in [2.45, 2.75) is 30.3 Å². The molecule has 1 unspecified atom stereocenters. The Kier molecular flexibility index (Phi) is 3.79. The summed E-state index contributed by atoms with van der Waals surface area (Å²) in [4.78, 5) is 0.104. The molecule has 1 heterocycles. The number of piperidine rings is 1. The maximum Gasteiger partial charge on any atom is 0.243 e. The number of rotatable bonds is 2. The smallest absolute Gasteiger partial charge is 0.243 e. The SMILES string of the molecule is CC1(O)CCCN(S(=O)(=O)c2ccc(Cl)c(N)c2)C1. The quantitative estimate of drug-likeness (QED) is 0.810. The number of hydrogen-bond acceptors (Lipinski definition) is 4. The first kappa shape index (κ1) is 14.6. The van der Waals surface area contributed by atoms with E-state index in [0.29, 0.717) is 24.4 Å². The molecular weight excluding hydrogens is 288 g/mol. The number of aliphatic hydroxyl groups is 1. The Bertz CT molecular complexity index is 587. The van der Waals surface area contributed by atoms with Gasteiger partial charge in [0.1, 0.15) is 0 Å². The van der Waals surface area contributed by atoms with E-state index in [9.17, 15) is 13.5 Å². The van der Waals surface area contributed by atoms with Crippen LogP contribution >= 0.6 is 11.6 Å². The van der Waals surface area contributed by atoms with Crippen LogP contribution in [-0.2, 0) is 10.0 Å². The standard InChI is InChI=1S/C12H17ClN2O3S/c1-12(16)5-2-6-15(8-12)19(17,18)9-3-4-10(13)11(14)7-9/h3-4,7,16H,2,5-6,8,14H2,1H3. The van der Waals surface area contributed by atoms with Gasteiger partial charge in [-0.1, -0.05) is 11.6 Å². The first-order chi connectivity index (χ1) is 8.72. The molecule has 0 aromatic heterocycles. The lowest BCUT2D eigenvalue weighted by molar-refractivity contribution is 0.00940. The highest BCUT2D eigenvalue weighted by Gasteiger charge is 2.35. The summed E-state index contributed by atoms with van der Waals surface area (Å²) >= 11 is 5.79. The van der Waals surface area contributed by atoms with Gasteiger partial charge in [0.15, 0.2) is 0 Å². The van der Waals surface area contributed by atoms with Gasteiger partial charge in [0.05, 0.1) is 21.2 Å². The van der Waals surface area contributed by atoms with Crippen LogP contribution in [0.15, 0.2) is 23.1 Å². The minimum absolute atomic E-state index is 0.0951. The highest BCUT2D eigenvalue weighted by atomic mass is 35.5. The number of anilines is 1. The lowest BCUT2D eigenvalue weighted by Crippen LogP contribution is -2.48. The molecule has 106 valence electrons.